The molecule has 0 amide bonds. The van der Waals surface area contributed by atoms with Gasteiger partial charge in [-0.2, -0.15) is 0 Å². The lowest BCUT2D eigenvalue weighted by Gasteiger charge is -2.33. The summed E-state index contributed by atoms with van der Waals surface area (Å²) in [5, 5.41) is 16.1. The maximum absolute atomic E-state index is 9.10. The predicted molar refractivity (Wildman–Crippen MR) is 99.0 cm³/mol. The second-order valence-corrected chi connectivity index (χ2v) is 7.57. The van der Waals surface area contributed by atoms with Crippen molar-refractivity contribution in [2.24, 2.45) is 0 Å². The first kappa shape index (κ1) is 18.5. The van der Waals surface area contributed by atoms with E-state index >= 15 is 0 Å². The molecule has 1 aliphatic heterocycles. The van der Waals surface area contributed by atoms with E-state index in [9.17, 15) is 0 Å². The van der Waals surface area contributed by atoms with Gasteiger partial charge in [0.05, 0.1) is 5.39 Å². The Bertz CT molecular complexity index is 802. The lowest BCUT2D eigenvalue weighted by Crippen LogP contribution is -2.44. The number of aliphatic carboxylic acids is 2. The summed E-state index contributed by atoms with van der Waals surface area (Å²) in [4.78, 5) is 35.0. The number of hydrogen-bond donors (Lipinski definition) is 2. The molecule has 0 atom stereocenters. The van der Waals surface area contributed by atoms with Crippen LogP contribution in [0.4, 0.5) is 5.82 Å². The number of aromatic nitrogens is 2. The number of hydrogen-bond acceptors (Lipinski definition) is 7. The van der Waals surface area contributed by atoms with Crippen LogP contribution in [-0.4, -0.2) is 70.2 Å². The average Bonchev–Trinajstić information content (AvgIpc) is 3.01. The number of nitrogens with zero attached hydrogens (tertiary/aromatic N) is 4. The summed E-state index contributed by atoms with van der Waals surface area (Å²) in [5.74, 6) is -2.47. The summed E-state index contributed by atoms with van der Waals surface area (Å²) >= 11 is 1.89. The molecule has 0 unspecified atom stereocenters. The van der Waals surface area contributed by atoms with E-state index in [4.69, 9.17) is 19.8 Å². The van der Waals surface area contributed by atoms with Crippen molar-refractivity contribution in [3.05, 3.63) is 16.8 Å². The van der Waals surface area contributed by atoms with Crippen molar-refractivity contribution < 1.29 is 19.8 Å². The predicted octanol–water partition coefficient (Wildman–Crippen LogP) is 1.48. The van der Waals surface area contributed by atoms with E-state index in [1.165, 1.54) is 41.7 Å². The fraction of sp³-hybridized carbons (Fsp3) is 0.529. The number of anilines is 1. The monoisotopic (exact) mass is 378 g/mol. The molecule has 1 saturated heterocycles. The normalized spacial score (nSPS) is 17.3. The van der Waals surface area contributed by atoms with Crippen LogP contribution in [0, 0.1) is 0 Å². The van der Waals surface area contributed by atoms with Crippen LogP contribution >= 0.6 is 11.3 Å². The quantitative estimate of drug-likeness (QED) is 0.719. The number of aryl methyl sites for hydroxylation is 2. The van der Waals surface area contributed by atoms with Crippen LogP contribution in [0.25, 0.3) is 10.2 Å². The van der Waals surface area contributed by atoms with Crippen LogP contribution in [0.2, 0.25) is 0 Å². The van der Waals surface area contributed by atoms with Crippen molar-refractivity contribution >= 4 is 39.3 Å². The Morgan fingerprint density at radius 2 is 1.69 bits per heavy atom. The molecule has 4 rings (SSSR count). The Kier molecular flexibility index (Phi) is 5.67. The van der Waals surface area contributed by atoms with Crippen molar-refractivity contribution in [1.82, 2.24) is 14.9 Å². The van der Waals surface area contributed by atoms with Gasteiger partial charge in [-0.1, -0.05) is 0 Å². The van der Waals surface area contributed by atoms with Gasteiger partial charge in [0.15, 0.2) is 0 Å². The van der Waals surface area contributed by atoms with Crippen LogP contribution in [0.3, 0.4) is 0 Å². The third-order valence-electron chi connectivity index (χ3n) is 4.72. The molecule has 2 N–H and O–H groups in total. The van der Waals surface area contributed by atoms with Crippen molar-refractivity contribution in [2.75, 3.05) is 38.1 Å². The van der Waals surface area contributed by atoms with Gasteiger partial charge in [-0.25, -0.2) is 19.6 Å². The maximum Gasteiger partial charge on any atom is 0.414 e. The fourth-order valence-electron chi connectivity index (χ4n) is 3.33. The molecule has 0 spiro atoms. The van der Waals surface area contributed by atoms with Crippen molar-refractivity contribution in [2.45, 2.75) is 25.7 Å². The molecule has 0 bridgehead atoms. The zero-order chi connectivity index (χ0) is 18.7. The molecule has 0 aromatic carbocycles. The van der Waals surface area contributed by atoms with Crippen molar-refractivity contribution in [1.29, 1.82) is 0 Å². The number of thiophene rings is 1. The molecule has 0 saturated carbocycles. The van der Waals surface area contributed by atoms with Gasteiger partial charge >= 0.3 is 11.9 Å². The molecule has 3 heterocycles. The second-order valence-electron chi connectivity index (χ2n) is 6.49. The topological polar surface area (TPSA) is 107 Å². The molecule has 26 heavy (non-hydrogen) atoms. The molecular formula is C17H22N4O4S. The first-order valence-corrected chi connectivity index (χ1v) is 9.44. The largest absolute Gasteiger partial charge is 0.473 e. The van der Waals surface area contributed by atoms with Crippen LogP contribution < -0.4 is 4.90 Å². The highest BCUT2D eigenvalue weighted by Gasteiger charge is 2.23. The highest BCUT2D eigenvalue weighted by molar-refractivity contribution is 7.19. The van der Waals surface area contributed by atoms with Gasteiger partial charge in [0.25, 0.3) is 0 Å². The Morgan fingerprint density at radius 1 is 1.04 bits per heavy atom. The molecule has 2 aliphatic rings. The molecule has 1 aliphatic carbocycles. The van der Waals surface area contributed by atoms with Crippen molar-refractivity contribution in [3.63, 3.8) is 0 Å². The number of carboxylic acid groups (broad SMARTS) is 2. The Hall–Kier alpha value is -2.26. The minimum absolute atomic E-state index is 1.08. The van der Waals surface area contributed by atoms with E-state index in [0.717, 1.165) is 26.2 Å². The first-order valence-electron chi connectivity index (χ1n) is 8.62. The minimum Gasteiger partial charge on any atom is -0.473 e. The van der Waals surface area contributed by atoms with Crippen LogP contribution in [0.5, 0.6) is 0 Å². The van der Waals surface area contributed by atoms with Crippen molar-refractivity contribution in [3.8, 4) is 0 Å². The molecule has 140 valence electrons. The molecule has 1 fully saturated rings. The molecule has 0 radical (unpaired) electrons. The van der Waals surface area contributed by atoms with E-state index < -0.39 is 11.9 Å². The van der Waals surface area contributed by atoms with Crippen LogP contribution in [0.1, 0.15) is 23.3 Å². The Labute approximate surface area is 155 Å². The standard InChI is InChI=1S/C15H20N4S.C2H2O4/c1-18-6-8-19(9-7-18)14-13-11-4-2-3-5-12(11)20-15(13)17-10-16-14;3-1(4)2(5)6/h10H,2-9H2,1H3;(H,3,4)(H,5,6). The zero-order valence-electron chi connectivity index (χ0n) is 14.6. The molecule has 9 heteroatoms. The highest BCUT2D eigenvalue weighted by atomic mass is 32.1. The number of carbonyl (C=O) groups is 2. The smallest absolute Gasteiger partial charge is 0.414 e. The third-order valence-corrected chi connectivity index (χ3v) is 5.92. The third kappa shape index (κ3) is 3.94. The van der Waals surface area contributed by atoms with Gasteiger partial charge < -0.3 is 20.0 Å². The van der Waals surface area contributed by atoms with Gasteiger partial charge in [0.2, 0.25) is 0 Å². The van der Waals surface area contributed by atoms with Gasteiger partial charge in [-0.3, -0.25) is 0 Å². The van der Waals surface area contributed by atoms with Gasteiger partial charge in [0, 0.05) is 31.1 Å². The minimum atomic E-state index is -1.82. The van der Waals surface area contributed by atoms with Crippen LogP contribution in [-0.2, 0) is 22.4 Å². The highest BCUT2D eigenvalue weighted by Crippen LogP contribution is 2.39. The van der Waals surface area contributed by atoms with E-state index in [2.05, 4.69) is 26.8 Å². The molecule has 8 nitrogen and oxygen atoms in total. The number of piperazine rings is 1. The Morgan fingerprint density at radius 3 is 2.35 bits per heavy atom. The molecule has 2 aromatic heterocycles. The number of rotatable bonds is 1. The summed E-state index contributed by atoms with van der Waals surface area (Å²) in [6.45, 7) is 4.40. The van der Waals surface area contributed by atoms with E-state index in [1.807, 2.05) is 11.3 Å². The first-order chi connectivity index (χ1) is 12.5. The average molecular weight is 378 g/mol. The summed E-state index contributed by atoms with van der Waals surface area (Å²) in [7, 11) is 2.19. The maximum atomic E-state index is 9.10. The Balaban J connectivity index is 0.000000286. The van der Waals surface area contributed by atoms with E-state index in [1.54, 1.807) is 16.8 Å². The van der Waals surface area contributed by atoms with Crippen LogP contribution in [0.15, 0.2) is 6.33 Å². The fourth-order valence-corrected chi connectivity index (χ4v) is 4.56. The second kappa shape index (κ2) is 7.96. The van der Waals surface area contributed by atoms with E-state index in [-0.39, 0.29) is 0 Å². The number of likely N-dealkylation sites (N-methyl/N-ethyl adjacent to an activating group) is 1. The van der Waals surface area contributed by atoms with Gasteiger partial charge in [-0.05, 0) is 38.3 Å². The summed E-state index contributed by atoms with van der Waals surface area (Å²) in [5.41, 5.74) is 1.55. The summed E-state index contributed by atoms with van der Waals surface area (Å²) in [6, 6.07) is 0. The molecule has 2 aromatic rings. The van der Waals surface area contributed by atoms with Gasteiger partial charge in [-0.15, -0.1) is 11.3 Å². The van der Waals surface area contributed by atoms with E-state index in [0.29, 0.717) is 0 Å². The zero-order valence-corrected chi connectivity index (χ0v) is 15.5. The number of fused-ring (bicyclic) bond motifs is 3. The number of carboxylic acids is 2. The summed E-state index contributed by atoms with van der Waals surface area (Å²) < 4.78 is 0. The SMILES string of the molecule is CN1CCN(c2ncnc3sc4c(c23)CCCC4)CC1.O=C(O)C(=O)O. The lowest BCUT2D eigenvalue weighted by molar-refractivity contribution is -0.159. The summed E-state index contributed by atoms with van der Waals surface area (Å²) in [6.07, 6.45) is 6.84. The van der Waals surface area contributed by atoms with Gasteiger partial charge in [0.1, 0.15) is 17.0 Å². The lowest BCUT2D eigenvalue weighted by atomic mass is 9.97. The molecular weight excluding hydrogens is 356 g/mol.